The van der Waals surface area contributed by atoms with Crippen molar-refractivity contribution < 1.29 is 24.4 Å². The second kappa shape index (κ2) is 18.6. The predicted octanol–water partition coefficient (Wildman–Crippen LogP) is 5.38. The van der Waals surface area contributed by atoms with E-state index in [1.165, 1.54) is 0 Å². The van der Waals surface area contributed by atoms with Crippen LogP contribution in [0.4, 0.5) is 0 Å². The molecule has 0 saturated carbocycles. The Morgan fingerprint density at radius 3 is 1.24 bits per heavy atom. The molecule has 0 fully saturated rings. The van der Waals surface area contributed by atoms with Crippen LogP contribution in [0.3, 0.4) is 0 Å². The van der Waals surface area contributed by atoms with Crippen LogP contribution in [0.15, 0.2) is 0 Å². The fraction of sp³-hybridized carbons (Fsp3) is 1.00. The molecule has 6 unspecified atom stereocenters. The van der Waals surface area contributed by atoms with Crippen molar-refractivity contribution in [2.45, 2.75) is 105 Å². The van der Waals surface area contributed by atoms with Gasteiger partial charge in [0, 0.05) is 13.2 Å². The summed E-state index contributed by atoms with van der Waals surface area (Å²) in [5.74, 6) is 2.46. The van der Waals surface area contributed by atoms with Crippen molar-refractivity contribution in [1.82, 2.24) is 0 Å². The summed E-state index contributed by atoms with van der Waals surface area (Å²) in [6.45, 7) is 14.7. The summed E-state index contributed by atoms with van der Waals surface area (Å²) < 4.78 is 16.4. The first-order valence-electron chi connectivity index (χ1n) is 11.8. The van der Waals surface area contributed by atoms with Crippen LogP contribution in [0.1, 0.15) is 92.9 Å². The minimum Gasteiger partial charge on any atom is -0.393 e. The van der Waals surface area contributed by atoms with E-state index in [0.29, 0.717) is 37.3 Å². The third-order valence-corrected chi connectivity index (χ3v) is 5.40. The molecule has 0 spiro atoms. The Hall–Kier alpha value is -0.200. The molecule has 0 aromatic heterocycles. The zero-order chi connectivity index (χ0) is 22.1. The van der Waals surface area contributed by atoms with Crippen LogP contribution in [-0.2, 0) is 14.2 Å². The number of hydrogen-bond acceptors (Lipinski definition) is 5. The van der Waals surface area contributed by atoms with Crippen molar-refractivity contribution >= 4 is 0 Å². The molecule has 5 nitrogen and oxygen atoms in total. The summed E-state index contributed by atoms with van der Waals surface area (Å²) in [5, 5.41) is 18.9. The average Bonchev–Trinajstić information content (AvgIpc) is 2.57. The van der Waals surface area contributed by atoms with Crippen LogP contribution in [0.2, 0.25) is 0 Å². The third-order valence-electron chi connectivity index (χ3n) is 5.40. The zero-order valence-electron chi connectivity index (χ0n) is 20.1. The van der Waals surface area contributed by atoms with E-state index >= 15 is 0 Å². The van der Waals surface area contributed by atoms with Crippen molar-refractivity contribution in [1.29, 1.82) is 0 Å². The highest BCUT2D eigenvalue weighted by Gasteiger charge is 2.12. The molecule has 5 heteroatoms. The fourth-order valence-corrected chi connectivity index (χ4v) is 4.30. The SMILES string of the molecule is CC(O)CC(C)CC(C)CCCOCOCOCCCC(C)CC(C)CC(C)O. The van der Waals surface area contributed by atoms with E-state index in [0.717, 1.165) is 64.6 Å². The molecule has 0 amide bonds. The van der Waals surface area contributed by atoms with Crippen LogP contribution in [-0.4, -0.2) is 49.2 Å². The Bertz CT molecular complexity index is 316. The molecule has 0 aliphatic heterocycles. The molecule has 0 radical (unpaired) electrons. The Morgan fingerprint density at radius 2 is 0.897 bits per heavy atom. The lowest BCUT2D eigenvalue weighted by Crippen LogP contribution is -2.12. The van der Waals surface area contributed by atoms with Crippen molar-refractivity contribution in [3.8, 4) is 0 Å². The largest absolute Gasteiger partial charge is 0.393 e. The van der Waals surface area contributed by atoms with E-state index in [1.54, 1.807) is 0 Å². The highest BCUT2D eigenvalue weighted by Crippen LogP contribution is 2.21. The fourth-order valence-electron chi connectivity index (χ4n) is 4.30. The molecule has 0 saturated heterocycles. The Labute approximate surface area is 180 Å². The van der Waals surface area contributed by atoms with Gasteiger partial charge in [-0.1, -0.05) is 27.7 Å². The van der Waals surface area contributed by atoms with Gasteiger partial charge >= 0.3 is 0 Å². The smallest absolute Gasteiger partial charge is 0.149 e. The van der Waals surface area contributed by atoms with E-state index in [-0.39, 0.29) is 12.2 Å². The van der Waals surface area contributed by atoms with Gasteiger partial charge in [0.15, 0.2) is 0 Å². The minimum absolute atomic E-state index is 0.201. The molecular weight excluding hydrogens is 368 g/mol. The maximum atomic E-state index is 9.43. The summed E-state index contributed by atoms with van der Waals surface area (Å²) in [7, 11) is 0. The van der Waals surface area contributed by atoms with Gasteiger partial charge in [0.05, 0.1) is 12.2 Å². The molecule has 2 N–H and O–H groups in total. The maximum absolute atomic E-state index is 9.43. The maximum Gasteiger partial charge on any atom is 0.149 e. The molecular formula is C24H50O5. The molecule has 29 heavy (non-hydrogen) atoms. The molecule has 0 rings (SSSR count). The van der Waals surface area contributed by atoms with E-state index in [9.17, 15) is 10.2 Å². The number of rotatable bonds is 20. The Kier molecular flexibility index (Phi) is 18.4. The monoisotopic (exact) mass is 418 g/mol. The summed E-state index contributed by atoms with van der Waals surface area (Å²) in [6.07, 6.45) is 8.06. The van der Waals surface area contributed by atoms with Crippen molar-refractivity contribution in [2.24, 2.45) is 23.7 Å². The molecule has 6 atom stereocenters. The van der Waals surface area contributed by atoms with Gasteiger partial charge < -0.3 is 24.4 Å². The summed E-state index contributed by atoms with van der Waals surface area (Å²) in [4.78, 5) is 0. The van der Waals surface area contributed by atoms with Gasteiger partial charge in [-0.05, 0) is 88.9 Å². The van der Waals surface area contributed by atoms with E-state index in [1.807, 2.05) is 13.8 Å². The van der Waals surface area contributed by atoms with E-state index < -0.39 is 0 Å². The second-order valence-corrected chi connectivity index (χ2v) is 9.60. The summed E-state index contributed by atoms with van der Waals surface area (Å²) in [6, 6.07) is 0. The van der Waals surface area contributed by atoms with Gasteiger partial charge in [-0.3, -0.25) is 0 Å². The van der Waals surface area contributed by atoms with Gasteiger partial charge in [-0.25, -0.2) is 0 Å². The minimum atomic E-state index is -0.201. The predicted molar refractivity (Wildman–Crippen MR) is 120 cm³/mol. The summed E-state index contributed by atoms with van der Waals surface area (Å²) in [5.41, 5.74) is 0. The van der Waals surface area contributed by atoms with Gasteiger partial charge in [-0.2, -0.15) is 0 Å². The topological polar surface area (TPSA) is 68.2 Å². The summed E-state index contributed by atoms with van der Waals surface area (Å²) >= 11 is 0. The van der Waals surface area contributed by atoms with Crippen LogP contribution < -0.4 is 0 Å². The quantitative estimate of drug-likeness (QED) is 0.205. The molecule has 0 aromatic carbocycles. The number of ether oxygens (including phenoxy) is 3. The van der Waals surface area contributed by atoms with Crippen LogP contribution in [0.5, 0.6) is 0 Å². The molecule has 0 aromatic rings. The van der Waals surface area contributed by atoms with Gasteiger partial charge in [0.1, 0.15) is 13.6 Å². The molecule has 0 aliphatic rings. The molecule has 0 bridgehead atoms. The first kappa shape index (κ1) is 28.8. The molecule has 0 heterocycles. The Balaban J connectivity index is 3.39. The number of aliphatic hydroxyl groups excluding tert-OH is 2. The molecule has 0 aliphatic carbocycles. The van der Waals surface area contributed by atoms with Crippen molar-refractivity contribution in [3.63, 3.8) is 0 Å². The highest BCUT2D eigenvalue weighted by molar-refractivity contribution is 4.63. The number of hydrogen-bond donors (Lipinski definition) is 2. The second-order valence-electron chi connectivity index (χ2n) is 9.60. The third kappa shape index (κ3) is 20.8. The first-order valence-corrected chi connectivity index (χ1v) is 11.8. The lowest BCUT2D eigenvalue weighted by atomic mass is 9.90. The lowest BCUT2D eigenvalue weighted by molar-refractivity contribution is -0.132. The van der Waals surface area contributed by atoms with Crippen LogP contribution in [0, 0.1) is 23.7 Å². The van der Waals surface area contributed by atoms with Crippen molar-refractivity contribution in [2.75, 3.05) is 26.8 Å². The van der Waals surface area contributed by atoms with E-state index in [2.05, 4.69) is 27.7 Å². The normalized spacial score (nSPS) is 18.2. The number of aliphatic hydroxyl groups is 2. The van der Waals surface area contributed by atoms with Crippen LogP contribution in [0.25, 0.3) is 0 Å². The average molecular weight is 419 g/mol. The lowest BCUT2D eigenvalue weighted by Gasteiger charge is -2.18. The van der Waals surface area contributed by atoms with Gasteiger partial charge in [0.25, 0.3) is 0 Å². The van der Waals surface area contributed by atoms with Gasteiger partial charge in [0.2, 0.25) is 0 Å². The van der Waals surface area contributed by atoms with Crippen molar-refractivity contribution in [3.05, 3.63) is 0 Å². The Morgan fingerprint density at radius 1 is 0.517 bits per heavy atom. The molecule has 176 valence electrons. The van der Waals surface area contributed by atoms with E-state index in [4.69, 9.17) is 14.2 Å². The van der Waals surface area contributed by atoms with Gasteiger partial charge in [-0.15, -0.1) is 0 Å². The standard InChI is InChI=1S/C24H50O5/c1-19(13-21(3)15-23(5)25)9-7-11-27-17-29-18-28-12-8-10-20(2)14-22(4)16-24(6)26/h19-26H,7-18H2,1-6H3. The highest BCUT2D eigenvalue weighted by atomic mass is 16.7. The zero-order valence-corrected chi connectivity index (χ0v) is 20.1. The van der Waals surface area contributed by atoms with Crippen LogP contribution >= 0.6 is 0 Å². The first-order chi connectivity index (χ1) is 13.7.